The number of nitrogens with two attached hydrogens (primary N) is 1. The Hall–Kier alpha value is -0.860. The number of hydrogen-bond donors (Lipinski definition) is 1. The highest BCUT2D eigenvalue weighted by atomic mass is 16.5. The minimum Gasteiger partial charge on any atom is -0.377 e. The predicted molar refractivity (Wildman–Crippen MR) is 75.6 cm³/mol. The van der Waals surface area contributed by atoms with Crippen LogP contribution in [0.3, 0.4) is 0 Å². The van der Waals surface area contributed by atoms with E-state index in [1.165, 1.54) is 43.2 Å². The molecule has 0 bridgehead atoms. The van der Waals surface area contributed by atoms with Crippen LogP contribution < -0.4 is 5.73 Å². The molecule has 1 saturated carbocycles. The van der Waals surface area contributed by atoms with Crippen LogP contribution in [0.2, 0.25) is 0 Å². The van der Waals surface area contributed by atoms with E-state index in [1.807, 2.05) is 0 Å². The molecule has 0 radical (unpaired) electrons. The van der Waals surface area contributed by atoms with Crippen LogP contribution in [0, 0.1) is 0 Å². The molecule has 0 spiro atoms. The molecule has 0 heterocycles. The number of ether oxygens (including phenoxy) is 1. The van der Waals surface area contributed by atoms with Crippen molar-refractivity contribution in [3.8, 4) is 0 Å². The second kappa shape index (κ2) is 7.55. The van der Waals surface area contributed by atoms with Gasteiger partial charge in [-0.2, -0.15) is 0 Å². The fourth-order valence-electron chi connectivity index (χ4n) is 2.70. The highest BCUT2D eigenvalue weighted by Crippen LogP contribution is 2.32. The fourth-order valence-corrected chi connectivity index (χ4v) is 2.70. The van der Waals surface area contributed by atoms with Crippen LogP contribution in [0.15, 0.2) is 24.3 Å². The van der Waals surface area contributed by atoms with Gasteiger partial charge in [-0.3, -0.25) is 0 Å². The summed E-state index contributed by atoms with van der Waals surface area (Å²) in [6.45, 7) is 2.19. The molecule has 100 valence electrons. The summed E-state index contributed by atoms with van der Waals surface area (Å²) >= 11 is 0. The Morgan fingerprint density at radius 2 is 1.78 bits per heavy atom. The number of benzene rings is 1. The maximum atomic E-state index is 5.57. The van der Waals surface area contributed by atoms with Crippen molar-refractivity contribution in [2.75, 3.05) is 13.2 Å². The van der Waals surface area contributed by atoms with E-state index in [4.69, 9.17) is 10.5 Å². The lowest BCUT2D eigenvalue weighted by Gasteiger charge is -2.22. The van der Waals surface area contributed by atoms with Gasteiger partial charge in [0.1, 0.15) is 0 Å². The first-order valence-corrected chi connectivity index (χ1v) is 7.27. The first-order valence-electron chi connectivity index (χ1n) is 7.27. The average Bonchev–Trinajstić information content (AvgIpc) is 2.45. The van der Waals surface area contributed by atoms with E-state index in [1.54, 1.807) is 0 Å². The predicted octanol–water partition coefficient (Wildman–Crippen LogP) is 3.60. The van der Waals surface area contributed by atoms with Gasteiger partial charge in [-0.25, -0.2) is 0 Å². The van der Waals surface area contributed by atoms with Gasteiger partial charge in [0.15, 0.2) is 0 Å². The van der Waals surface area contributed by atoms with E-state index in [0.717, 1.165) is 18.9 Å². The van der Waals surface area contributed by atoms with Crippen LogP contribution in [0.5, 0.6) is 0 Å². The summed E-state index contributed by atoms with van der Waals surface area (Å²) < 4.78 is 5.57. The van der Waals surface area contributed by atoms with Crippen LogP contribution in [0.4, 0.5) is 0 Å². The van der Waals surface area contributed by atoms with Crippen LogP contribution >= 0.6 is 0 Å². The summed E-state index contributed by atoms with van der Waals surface area (Å²) in [6, 6.07) is 9.01. The molecule has 0 unspecified atom stereocenters. The molecule has 1 aliphatic rings. The van der Waals surface area contributed by atoms with Gasteiger partial charge in [-0.05, 0) is 42.9 Å². The second-order valence-corrected chi connectivity index (χ2v) is 5.27. The molecule has 2 nitrogen and oxygen atoms in total. The SMILES string of the molecule is NCCCOCc1ccc(C2CCCCC2)cc1. The second-order valence-electron chi connectivity index (χ2n) is 5.27. The molecule has 0 atom stereocenters. The molecule has 0 saturated heterocycles. The van der Waals surface area contributed by atoms with Crippen molar-refractivity contribution in [1.29, 1.82) is 0 Å². The summed E-state index contributed by atoms with van der Waals surface area (Å²) in [4.78, 5) is 0. The highest BCUT2D eigenvalue weighted by molar-refractivity contribution is 5.25. The zero-order valence-electron chi connectivity index (χ0n) is 11.2. The van der Waals surface area contributed by atoms with Gasteiger partial charge < -0.3 is 10.5 Å². The lowest BCUT2D eigenvalue weighted by molar-refractivity contribution is 0.120. The Morgan fingerprint density at radius 1 is 1.06 bits per heavy atom. The van der Waals surface area contributed by atoms with Gasteiger partial charge in [0.25, 0.3) is 0 Å². The Bertz CT molecular complexity index is 327. The molecular formula is C16H25NO. The quantitative estimate of drug-likeness (QED) is 0.780. The normalized spacial score (nSPS) is 16.9. The van der Waals surface area contributed by atoms with Crippen molar-refractivity contribution in [2.24, 2.45) is 5.73 Å². The third-order valence-electron chi connectivity index (χ3n) is 3.82. The zero-order chi connectivity index (χ0) is 12.6. The van der Waals surface area contributed by atoms with Crippen molar-refractivity contribution >= 4 is 0 Å². The van der Waals surface area contributed by atoms with Gasteiger partial charge in [0, 0.05) is 6.61 Å². The molecule has 0 amide bonds. The molecule has 2 rings (SSSR count). The van der Waals surface area contributed by atoms with Crippen molar-refractivity contribution in [1.82, 2.24) is 0 Å². The maximum Gasteiger partial charge on any atom is 0.0716 e. The smallest absolute Gasteiger partial charge is 0.0716 e. The van der Waals surface area contributed by atoms with Crippen molar-refractivity contribution in [3.05, 3.63) is 35.4 Å². The third kappa shape index (κ3) is 4.11. The van der Waals surface area contributed by atoms with E-state index < -0.39 is 0 Å². The van der Waals surface area contributed by atoms with Crippen molar-refractivity contribution < 1.29 is 4.74 Å². The van der Waals surface area contributed by atoms with Crippen LogP contribution in [0.25, 0.3) is 0 Å². The van der Waals surface area contributed by atoms with E-state index in [2.05, 4.69) is 24.3 Å². The summed E-state index contributed by atoms with van der Waals surface area (Å²) in [5.74, 6) is 0.797. The summed E-state index contributed by atoms with van der Waals surface area (Å²) in [5, 5.41) is 0. The molecule has 1 aromatic rings. The fraction of sp³-hybridized carbons (Fsp3) is 0.625. The molecule has 1 aliphatic carbocycles. The van der Waals surface area contributed by atoms with E-state index in [-0.39, 0.29) is 0 Å². The topological polar surface area (TPSA) is 35.2 Å². The lowest BCUT2D eigenvalue weighted by Crippen LogP contribution is -2.05. The molecule has 1 aromatic carbocycles. The van der Waals surface area contributed by atoms with Crippen molar-refractivity contribution in [3.63, 3.8) is 0 Å². The van der Waals surface area contributed by atoms with Crippen LogP contribution in [-0.2, 0) is 11.3 Å². The molecule has 0 aromatic heterocycles. The summed E-state index contributed by atoms with van der Waals surface area (Å²) in [7, 11) is 0. The third-order valence-corrected chi connectivity index (χ3v) is 3.82. The zero-order valence-corrected chi connectivity index (χ0v) is 11.2. The molecule has 0 aliphatic heterocycles. The molecular weight excluding hydrogens is 222 g/mol. The Kier molecular flexibility index (Phi) is 5.69. The van der Waals surface area contributed by atoms with Crippen molar-refractivity contribution in [2.45, 2.75) is 51.0 Å². The Labute approximate surface area is 111 Å². The van der Waals surface area contributed by atoms with E-state index in [0.29, 0.717) is 13.2 Å². The van der Waals surface area contributed by atoms with Crippen LogP contribution in [0.1, 0.15) is 55.6 Å². The van der Waals surface area contributed by atoms with E-state index >= 15 is 0 Å². The summed E-state index contributed by atoms with van der Waals surface area (Å²) in [6.07, 6.45) is 7.89. The van der Waals surface area contributed by atoms with Gasteiger partial charge in [0.05, 0.1) is 6.61 Å². The Morgan fingerprint density at radius 3 is 2.44 bits per heavy atom. The minimum atomic E-state index is 0.709. The largest absolute Gasteiger partial charge is 0.377 e. The molecule has 18 heavy (non-hydrogen) atoms. The van der Waals surface area contributed by atoms with Gasteiger partial charge in [-0.15, -0.1) is 0 Å². The Balaban J connectivity index is 1.81. The van der Waals surface area contributed by atoms with Crippen LogP contribution in [-0.4, -0.2) is 13.2 Å². The van der Waals surface area contributed by atoms with E-state index in [9.17, 15) is 0 Å². The lowest BCUT2D eigenvalue weighted by atomic mass is 9.84. The molecule has 2 N–H and O–H groups in total. The molecule has 1 fully saturated rings. The van der Waals surface area contributed by atoms with Gasteiger partial charge >= 0.3 is 0 Å². The number of rotatable bonds is 6. The highest BCUT2D eigenvalue weighted by Gasteiger charge is 2.14. The first-order chi connectivity index (χ1) is 8.90. The van der Waals surface area contributed by atoms with Gasteiger partial charge in [-0.1, -0.05) is 43.5 Å². The maximum absolute atomic E-state index is 5.57. The summed E-state index contributed by atoms with van der Waals surface area (Å²) in [5.41, 5.74) is 8.21. The standard InChI is InChI=1S/C16H25NO/c17-11-4-12-18-13-14-7-9-16(10-8-14)15-5-2-1-3-6-15/h7-10,15H,1-6,11-13,17H2. The number of hydrogen-bond acceptors (Lipinski definition) is 2. The first kappa shape index (κ1) is 13.6. The molecule has 2 heteroatoms. The average molecular weight is 247 g/mol. The monoisotopic (exact) mass is 247 g/mol. The van der Waals surface area contributed by atoms with Gasteiger partial charge in [0.2, 0.25) is 0 Å². The minimum absolute atomic E-state index is 0.709.